The van der Waals surface area contributed by atoms with E-state index in [-0.39, 0.29) is 24.3 Å². The molecule has 0 saturated carbocycles. The van der Waals surface area contributed by atoms with Gasteiger partial charge in [-0.3, -0.25) is 0 Å². The molecule has 1 aromatic heterocycles. The van der Waals surface area contributed by atoms with Crippen LogP contribution in [0.25, 0.3) is 11.1 Å². The van der Waals surface area contributed by atoms with E-state index < -0.39 is 11.6 Å². The van der Waals surface area contributed by atoms with Gasteiger partial charge in [0, 0.05) is 31.0 Å². The summed E-state index contributed by atoms with van der Waals surface area (Å²) in [5.41, 5.74) is 2.77. The third-order valence-corrected chi connectivity index (χ3v) is 6.46. The molecule has 0 aliphatic carbocycles. The third-order valence-electron chi connectivity index (χ3n) is 6.46. The molecule has 36 heavy (non-hydrogen) atoms. The molecular weight excluding hydrogens is 462 g/mol. The second-order valence-electron chi connectivity index (χ2n) is 9.46. The summed E-state index contributed by atoms with van der Waals surface area (Å²) in [6, 6.07) is 9.36. The van der Waals surface area contributed by atoms with Gasteiger partial charge in [-0.05, 0) is 80.0 Å². The fourth-order valence-corrected chi connectivity index (χ4v) is 4.15. The van der Waals surface area contributed by atoms with Crippen LogP contribution in [0.4, 0.5) is 14.7 Å². The number of halogens is 2. The van der Waals surface area contributed by atoms with Crippen LogP contribution in [0.15, 0.2) is 48.8 Å². The number of hydrogen-bond acceptors (Lipinski definition) is 5. The summed E-state index contributed by atoms with van der Waals surface area (Å²) >= 11 is 0. The monoisotopic (exact) mass is 494 g/mol. The number of ether oxygens (including phenoxy) is 1. The Morgan fingerprint density at radius 3 is 2.36 bits per heavy atom. The van der Waals surface area contributed by atoms with E-state index in [2.05, 4.69) is 21.8 Å². The average Bonchev–Trinajstić information content (AvgIpc) is 2.88. The highest BCUT2D eigenvalue weighted by atomic mass is 19.1. The van der Waals surface area contributed by atoms with Crippen LogP contribution in [0.2, 0.25) is 0 Å². The summed E-state index contributed by atoms with van der Waals surface area (Å²) in [6.07, 6.45) is 7.73. The molecule has 0 N–H and O–H groups in total. The lowest BCUT2D eigenvalue weighted by atomic mass is 9.98. The van der Waals surface area contributed by atoms with Crippen molar-refractivity contribution in [2.24, 2.45) is 5.92 Å². The number of anilines is 1. The van der Waals surface area contributed by atoms with E-state index >= 15 is 0 Å². The van der Waals surface area contributed by atoms with Gasteiger partial charge in [0.05, 0.1) is 6.61 Å². The van der Waals surface area contributed by atoms with Gasteiger partial charge in [-0.25, -0.2) is 23.5 Å². The molecule has 0 radical (unpaired) electrons. The lowest BCUT2D eigenvalue weighted by molar-refractivity contribution is -0.487. The van der Waals surface area contributed by atoms with E-state index in [1.165, 1.54) is 18.3 Å². The second-order valence-corrected chi connectivity index (χ2v) is 9.46. The molecule has 6 nitrogen and oxygen atoms in total. The first-order valence-corrected chi connectivity index (χ1v) is 12.4. The maximum Gasteiger partial charge on any atom is 0.225 e. The van der Waals surface area contributed by atoms with Crippen molar-refractivity contribution in [2.75, 3.05) is 24.6 Å². The minimum atomic E-state index is -0.742. The Hall–Kier alpha value is -3.55. The lowest BCUT2D eigenvalue weighted by Crippen LogP contribution is -2.36. The zero-order valence-electron chi connectivity index (χ0n) is 21.0. The van der Waals surface area contributed by atoms with Crippen LogP contribution in [0.1, 0.15) is 44.7 Å². The minimum absolute atomic E-state index is 0.192. The summed E-state index contributed by atoms with van der Waals surface area (Å²) in [5.74, 6) is -0.929. The Labute approximate surface area is 210 Å². The van der Waals surface area contributed by atoms with Crippen molar-refractivity contribution in [3.8, 4) is 16.9 Å². The molecule has 0 amide bonds. The van der Waals surface area contributed by atoms with Gasteiger partial charge in [-0.1, -0.05) is 19.1 Å². The van der Waals surface area contributed by atoms with Gasteiger partial charge in [0.1, 0.15) is 0 Å². The smallest absolute Gasteiger partial charge is 0.225 e. The predicted octanol–water partition coefficient (Wildman–Crippen LogP) is 5.62. The number of piperidine rings is 1. The van der Waals surface area contributed by atoms with E-state index in [1.54, 1.807) is 38.1 Å². The number of benzene rings is 2. The predicted molar refractivity (Wildman–Crippen MR) is 138 cm³/mol. The van der Waals surface area contributed by atoms with E-state index in [0.717, 1.165) is 42.7 Å². The van der Waals surface area contributed by atoms with Crippen molar-refractivity contribution in [3.05, 3.63) is 76.8 Å². The fourth-order valence-electron chi connectivity index (χ4n) is 4.15. The molecule has 1 aliphatic rings. The first-order chi connectivity index (χ1) is 17.3. The molecule has 4 rings (SSSR count). The fraction of sp³-hybridized carbons (Fsp3) is 0.393. The Balaban J connectivity index is 1.38. The van der Waals surface area contributed by atoms with Crippen molar-refractivity contribution in [1.82, 2.24) is 9.97 Å². The van der Waals surface area contributed by atoms with Crippen LogP contribution in [-0.2, 0) is 6.42 Å². The van der Waals surface area contributed by atoms with Gasteiger partial charge in [-0.15, -0.1) is 0 Å². The summed E-state index contributed by atoms with van der Waals surface area (Å²) < 4.78 is 36.2. The number of rotatable bonds is 8. The molecule has 2 heterocycles. The van der Waals surface area contributed by atoms with E-state index in [9.17, 15) is 14.0 Å². The Morgan fingerprint density at radius 2 is 1.75 bits per heavy atom. The molecule has 1 aliphatic heterocycles. The largest absolute Gasteiger partial charge is 0.624 e. The molecule has 1 saturated heterocycles. The number of aryl methyl sites for hydroxylation is 1. The van der Waals surface area contributed by atoms with Crippen molar-refractivity contribution in [3.63, 3.8) is 0 Å². The molecule has 8 heteroatoms. The molecule has 0 unspecified atom stereocenters. The Morgan fingerprint density at radius 1 is 1.08 bits per heavy atom. The molecule has 3 aromatic rings. The van der Waals surface area contributed by atoms with Gasteiger partial charge >= 0.3 is 0 Å². The van der Waals surface area contributed by atoms with Crippen molar-refractivity contribution < 1.29 is 18.3 Å². The number of nitrogens with zero attached hydrogens (tertiary/aromatic N) is 4. The van der Waals surface area contributed by atoms with E-state index in [1.807, 2.05) is 12.4 Å². The Kier molecular flexibility index (Phi) is 8.13. The summed E-state index contributed by atoms with van der Waals surface area (Å²) in [7, 11) is 0. The standard InChI is InChI=1S/C28H32F2N4O2/c1-4-20-15-31-28(32-16-20)33-10-8-21(9-11-33)18-36-27-25(29)13-24(14-26(27)30)23-7-5-6-22(12-23)17-34(35)19(2)3/h5-7,12-17,19,21H,4,8-11,18H2,1-3H3/b34-17-. The summed E-state index contributed by atoms with van der Waals surface area (Å²) in [4.78, 5) is 11.0. The third kappa shape index (κ3) is 6.17. The summed E-state index contributed by atoms with van der Waals surface area (Å²) in [6.45, 7) is 7.44. The summed E-state index contributed by atoms with van der Waals surface area (Å²) in [5, 5.41) is 11.9. The highest BCUT2D eigenvalue weighted by Gasteiger charge is 2.23. The molecule has 190 valence electrons. The van der Waals surface area contributed by atoms with Crippen molar-refractivity contribution in [2.45, 2.75) is 46.1 Å². The van der Waals surface area contributed by atoms with Crippen LogP contribution < -0.4 is 9.64 Å². The van der Waals surface area contributed by atoms with Crippen LogP contribution >= 0.6 is 0 Å². The van der Waals surface area contributed by atoms with E-state index in [0.29, 0.717) is 22.6 Å². The van der Waals surface area contributed by atoms with Crippen LogP contribution in [0.3, 0.4) is 0 Å². The maximum absolute atomic E-state index is 14.9. The van der Waals surface area contributed by atoms with Gasteiger partial charge in [0.25, 0.3) is 0 Å². The van der Waals surface area contributed by atoms with Gasteiger partial charge < -0.3 is 14.8 Å². The van der Waals surface area contributed by atoms with E-state index in [4.69, 9.17) is 4.74 Å². The molecule has 0 spiro atoms. The van der Waals surface area contributed by atoms with Crippen molar-refractivity contribution >= 4 is 12.2 Å². The zero-order valence-corrected chi connectivity index (χ0v) is 21.0. The molecule has 0 bridgehead atoms. The second kappa shape index (κ2) is 11.5. The first-order valence-electron chi connectivity index (χ1n) is 12.4. The lowest BCUT2D eigenvalue weighted by Gasteiger charge is -2.31. The first kappa shape index (κ1) is 25.5. The maximum atomic E-state index is 14.9. The SMILES string of the molecule is CCc1cnc(N2CCC(COc3c(F)cc(-c4cccc(/C=[N+](\[O-])C(C)C)c4)cc3F)CC2)nc1. The molecular formula is C28H32F2N4O2. The van der Waals surface area contributed by atoms with Crippen molar-refractivity contribution in [1.29, 1.82) is 0 Å². The highest BCUT2D eigenvalue weighted by molar-refractivity contribution is 5.79. The van der Waals surface area contributed by atoms with Crippen LogP contribution in [0, 0.1) is 22.8 Å². The molecule has 1 fully saturated rings. The minimum Gasteiger partial charge on any atom is -0.624 e. The van der Waals surface area contributed by atoms with Gasteiger partial charge in [0.15, 0.2) is 29.6 Å². The quantitative estimate of drug-likeness (QED) is 0.176. The average molecular weight is 495 g/mol. The number of hydrogen-bond donors (Lipinski definition) is 0. The topological polar surface area (TPSA) is 64.3 Å². The Bertz CT molecular complexity index is 1180. The molecule has 0 atom stereocenters. The molecule has 2 aromatic carbocycles. The van der Waals surface area contributed by atoms with Crippen LogP contribution in [0.5, 0.6) is 5.75 Å². The normalized spacial score (nSPS) is 14.9. The van der Waals surface area contributed by atoms with Crippen LogP contribution in [-0.4, -0.2) is 46.7 Å². The van der Waals surface area contributed by atoms with Gasteiger partial charge in [0.2, 0.25) is 5.95 Å². The van der Waals surface area contributed by atoms with Gasteiger partial charge in [-0.2, -0.15) is 0 Å². The highest BCUT2D eigenvalue weighted by Crippen LogP contribution is 2.30. The number of aromatic nitrogens is 2. The zero-order chi connectivity index (χ0) is 25.7. The number of hydroxylamine groups is 1.